The lowest BCUT2D eigenvalue weighted by atomic mass is 10.5. The number of allylic oxidation sites excluding steroid dienone is 1. The highest BCUT2D eigenvalue weighted by Crippen LogP contribution is 1.84. The molecule has 0 saturated carbocycles. The van der Waals surface area contributed by atoms with Crippen molar-refractivity contribution in [1.29, 1.82) is 5.41 Å². The van der Waals surface area contributed by atoms with Gasteiger partial charge in [0, 0.05) is 6.20 Å². The first-order valence-corrected chi connectivity index (χ1v) is 3.67. The second-order valence-electron chi connectivity index (χ2n) is 1.94. The van der Waals surface area contributed by atoms with Crippen LogP contribution in [0.4, 0.5) is 0 Å². The van der Waals surface area contributed by atoms with Gasteiger partial charge in [-0.2, -0.15) is 0 Å². The SMILES string of the molecule is C/C=C\N=C(C=N)OCCC. The molecule has 0 aromatic heterocycles. The molecule has 0 heterocycles. The summed E-state index contributed by atoms with van der Waals surface area (Å²) in [4.78, 5) is 3.87. The summed E-state index contributed by atoms with van der Waals surface area (Å²) in [6.45, 7) is 4.49. The first kappa shape index (κ1) is 9.88. The van der Waals surface area contributed by atoms with Crippen molar-refractivity contribution in [3.63, 3.8) is 0 Å². The minimum atomic E-state index is 0.366. The summed E-state index contributed by atoms with van der Waals surface area (Å²) in [6.07, 6.45) is 5.44. The predicted molar refractivity (Wildman–Crippen MR) is 47.3 cm³/mol. The Morgan fingerprint density at radius 2 is 2.36 bits per heavy atom. The molecule has 0 spiro atoms. The first-order chi connectivity index (χ1) is 5.35. The Labute approximate surface area is 67.3 Å². The highest BCUT2D eigenvalue weighted by atomic mass is 16.5. The Morgan fingerprint density at radius 1 is 1.64 bits per heavy atom. The molecule has 1 N–H and O–H groups in total. The van der Waals surface area contributed by atoms with Crippen molar-refractivity contribution >= 4 is 12.1 Å². The van der Waals surface area contributed by atoms with Gasteiger partial charge in [0.2, 0.25) is 5.90 Å². The Morgan fingerprint density at radius 3 is 2.82 bits per heavy atom. The molecule has 0 bridgehead atoms. The molecule has 0 saturated heterocycles. The zero-order chi connectivity index (χ0) is 8.53. The van der Waals surface area contributed by atoms with Gasteiger partial charge in [0.1, 0.15) is 0 Å². The van der Waals surface area contributed by atoms with E-state index in [1.165, 1.54) is 0 Å². The molecular weight excluding hydrogens is 140 g/mol. The quantitative estimate of drug-likeness (QED) is 0.488. The maximum atomic E-state index is 6.90. The Balaban J connectivity index is 3.83. The number of nitrogens with one attached hydrogen (secondary N) is 1. The van der Waals surface area contributed by atoms with Gasteiger partial charge in [-0.05, 0) is 13.3 Å². The lowest BCUT2D eigenvalue weighted by molar-refractivity contribution is 0.311. The molecule has 0 radical (unpaired) electrons. The second kappa shape index (κ2) is 6.99. The van der Waals surface area contributed by atoms with Crippen LogP contribution in [0, 0.1) is 5.41 Å². The zero-order valence-corrected chi connectivity index (χ0v) is 7.00. The molecule has 0 aliphatic heterocycles. The molecule has 0 rings (SSSR count). The molecule has 0 aromatic carbocycles. The second-order valence-corrected chi connectivity index (χ2v) is 1.94. The van der Waals surface area contributed by atoms with Gasteiger partial charge in [-0.15, -0.1) is 0 Å². The van der Waals surface area contributed by atoms with Crippen molar-refractivity contribution in [2.75, 3.05) is 6.61 Å². The van der Waals surface area contributed by atoms with Crippen LogP contribution in [0.15, 0.2) is 17.3 Å². The van der Waals surface area contributed by atoms with Crippen LogP contribution in [-0.4, -0.2) is 18.7 Å². The van der Waals surface area contributed by atoms with Gasteiger partial charge in [-0.25, -0.2) is 4.99 Å². The van der Waals surface area contributed by atoms with Gasteiger partial charge in [0.05, 0.1) is 12.8 Å². The van der Waals surface area contributed by atoms with Crippen LogP contribution in [0.2, 0.25) is 0 Å². The molecular formula is C8H14N2O. The van der Waals surface area contributed by atoms with E-state index < -0.39 is 0 Å². The van der Waals surface area contributed by atoms with Gasteiger partial charge in [0.25, 0.3) is 0 Å². The monoisotopic (exact) mass is 154 g/mol. The number of hydrogen-bond donors (Lipinski definition) is 1. The van der Waals surface area contributed by atoms with Crippen molar-refractivity contribution < 1.29 is 4.74 Å². The largest absolute Gasteiger partial charge is 0.477 e. The molecule has 3 nitrogen and oxygen atoms in total. The third-order valence-corrected chi connectivity index (χ3v) is 0.928. The van der Waals surface area contributed by atoms with Crippen LogP contribution in [0.3, 0.4) is 0 Å². The number of aliphatic imine (C=N–C) groups is 1. The fourth-order valence-corrected chi connectivity index (χ4v) is 0.471. The summed E-state index contributed by atoms with van der Waals surface area (Å²) in [5, 5.41) is 6.90. The van der Waals surface area contributed by atoms with Crippen LogP contribution in [0.1, 0.15) is 20.3 Å². The molecule has 0 fully saturated rings. The lowest BCUT2D eigenvalue weighted by Crippen LogP contribution is -2.05. The summed E-state index contributed by atoms with van der Waals surface area (Å²) in [5.41, 5.74) is 0. The van der Waals surface area contributed by atoms with Gasteiger partial charge < -0.3 is 10.1 Å². The minimum absolute atomic E-state index is 0.366. The van der Waals surface area contributed by atoms with E-state index in [1.54, 1.807) is 12.3 Å². The molecule has 0 aliphatic rings. The number of ether oxygens (including phenoxy) is 1. The van der Waals surface area contributed by atoms with E-state index in [1.807, 2.05) is 13.8 Å². The van der Waals surface area contributed by atoms with Crippen molar-refractivity contribution in [1.82, 2.24) is 0 Å². The van der Waals surface area contributed by atoms with Crippen molar-refractivity contribution in [3.05, 3.63) is 12.3 Å². The average molecular weight is 154 g/mol. The zero-order valence-electron chi connectivity index (χ0n) is 7.00. The molecule has 0 unspecified atom stereocenters. The summed E-state index contributed by atoms with van der Waals surface area (Å²) in [7, 11) is 0. The van der Waals surface area contributed by atoms with Gasteiger partial charge in [-0.1, -0.05) is 13.0 Å². The maximum Gasteiger partial charge on any atom is 0.231 e. The lowest BCUT2D eigenvalue weighted by Gasteiger charge is -2.00. The van der Waals surface area contributed by atoms with Crippen LogP contribution < -0.4 is 0 Å². The molecule has 3 heteroatoms. The molecule has 62 valence electrons. The highest BCUT2D eigenvalue weighted by Gasteiger charge is 1.90. The van der Waals surface area contributed by atoms with Crippen molar-refractivity contribution in [2.45, 2.75) is 20.3 Å². The van der Waals surface area contributed by atoms with Crippen LogP contribution in [-0.2, 0) is 4.74 Å². The Kier molecular flexibility index (Phi) is 6.28. The van der Waals surface area contributed by atoms with E-state index in [9.17, 15) is 0 Å². The Bertz CT molecular complexity index is 161. The predicted octanol–water partition coefficient (Wildman–Crippen LogP) is 1.99. The smallest absolute Gasteiger partial charge is 0.231 e. The van der Waals surface area contributed by atoms with Gasteiger partial charge in [-0.3, -0.25) is 0 Å². The van der Waals surface area contributed by atoms with Gasteiger partial charge >= 0.3 is 0 Å². The topological polar surface area (TPSA) is 45.4 Å². The normalized spacial score (nSPS) is 12.0. The third kappa shape index (κ3) is 5.33. The number of nitrogens with zero attached hydrogens (tertiary/aromatic N) is 1. The molecule has 0 amide bonds. The Hall–Kier alpha value is -1.12. The summed E-state index contributed by atoms with van der Waals surface area (Å²) < 4.78 is 5.10. The molecule has 11 heavy (non-hydrogen) atoms. The summed E-state index contributed by atoms with van der Waals surface area (Å²) in [5.74, 6) is 0.366. The molecule has 0 atom stereocenters. The number of rotatable bonds is 4. The summed E-state index contributed by atoms with van der Waals surface area (Å²) in [6, 6.07) is 0. The number of hydrogen-bond acceptors (Lipinski definition) is 3. The van der Waals surface area contributed by atoms with E-state index in [2.05, 4.69) is 4.99 Å². The van der Waals surface area contributed by atoms with E-state index in [4.69, 9.17) is 10.1 Å². The molecule has 0 aliphatic carbocycles. The minimum Gasteiger partial charge on any atom is -0.477 e. The first-order valence-electron chi connectivity index (χ1n) is 3.67. The maximum absolute atomic E-state index is 6.90. The van der Waals surface area contributed by atoms with E-state index >= 15 is 0 Å². The fourth-order valence-electron chi connectivity index (χ4n) is 0.471. The van der Waals surface area contributed by atoms with Gasteiger partial charge in [0.15, 0.2) is 0 Å². The van der Waals surface area contributed by atoms with E-state index in [-0.39, 0.29) is 0 Å². The van der Waals surface area contributed by atoms with Crippen LogP contribution in [0.25, 0.3) is 0 Å². The van der Waals surface area contributed by atoms with Crippen molar-refractivity contribution in [3.8, 4) is 0 Å². The van der Waals surface area contributed by atoms with Crippen LogP contribution >= 0.6 is 0 Å². The van der Waals surface area contributed by atoms with Crippen molar-refractivity contribution in [2.24, 2.45) is 4.99 Å². The third-order valence-electron chi connectivity index (χ3n) is 0.928. The average Bonchev–Trinajstić information content (AvgIpc) is 2.05. The van der Waals surface area contributed by atoms with Crippen LogP contribution in [0.5, 0.6) is 0 Å². The van der Waals surface area contributed by atoms with E-state index in [0.717, 1.165) is 12.6 Å². The van der Waals surface area contributed by atoms with E-state index in [0.29, 0.717) is 12.5 Å². The summed E-state index contributed by atoms with van der Waals surface area (Å²) >= 11 is 0. The standard InChI is InChI=1S/C8H14N2O/c1-3-5-10-8(7-9)11-6-4-2/h3,5,7,9H,4,6H2,1-2H3/b5-3-,9-7?,10-8?. The fraction of sp³-hybridized carbons (Fsp3) is 0.500. The highest BCUT2D eigenvalue weighted by molar-refractivity contribution is 6.25. The molecule has 0 aromatic rings.